The lowest BCUT2D eigenvalue weighted by atomic mass is 9.98. The van der Waals surface area contributed by atoms with Crippen LogP contribution in [0.3, 0.4) is 0 Å². The van der Waals surface area contributed by atoms with Gasteiger partial charge in [0.25, 0.3) is 5.69 Å². The summed E-state index contributed by atoms with van der Waals surface area (Å²) in [6.07, 6.45) is -0.782. The molecule has 100 valence electrons. The summed E-state index contributed by atoms with van der Waals surface area (Å²) < 4.78 is 13.3. The minimum atomic E-state index is -0.842. The minimum Gasteiger partial charge on any atom is -0.391 e. The van der Waals surface area contributed by atoms with Gasteiger partial charge in [0.1, 0.15) is 11.5 Å². The third-order valence-corrected chi connectivity index (χ3v) is 3.03. The number of halogens is 2. The van der Waals surface area contributed by atoms with E-state index in [9.17, 15) is 19.6 Å². The van der Waals surface area contributed by atoms with Gasteiger partial charge >= 0.3 is 0 Å². The quantitative estimate of drug-likeness (QED) is 0.655. The fourth-order valence-corrected chi connectivity index (χ4v) is 1.40. The normalized spacial score (nSPS) is 13.2. The number of nitrogens with one attached hydrogen (secondary N) is 1. The molecule has 0 bridgehead atoms. The van der Waals surface area contributed by atoms with Crippen LogP contribution in [0.15, 0.2) is 12.1 Å². The van der Waals surface area contributed by atoms with Gasteiger partial charge < -0.3 is 10.4 Å². The summed E-state index contributed by atoms with van der Waals surface area (Å²) in [5.41, 5.74) is -1.20. The molecule has 0 aromatic heterocycles. The van der Waals surface area contributed by atoms with Crippen LogP contribution in [0.1, 0.15) is 20.8 Å². The SMILES string of the molecule is CC(O)C(C)(C)Nc1cc(F)c(Cl)cc1[N+](=O)[O-]. The van der Waals surface area contributed by atoms with Crippen molar-refractivity contribution in [3.8, 4) is 0 Å². The van der Waals surface area contributed by atoms with Crippen LogP contribution in [0.4, 0.5) is 15.8 Å². The Morgan fingerprint density at radius 1 is 1.56 bits per heavy atom. The third kappa shape index (κ3) is 3.08. The average molecular weight is 277 g/mol. The van der Waals surface area contributed by atoms with Gasteiger partial charge in [-0.15, -0.1) is 0 Å². The number of nitro benzene ring substituents is 1. The minimum absolute atomic E-state index is 0.0206. The summed E-state index contributed by atoms with van der Waals surface area (Å²) in [4.78, 5) is 10.2. The zero-order valence-electron chi connectivity index (χ0n) is 10.2. The predicted octanol–water partition coefficient (Wildman–Crippen LogP) is 2.96. The Kier molecular flexibility index (Phi) is 4.13. The first kappa shape index (κ1) is 14.7. The first-order valence-electron chi connectivity index (χ1n) is 5.25. The Bertz CT molecular complexity index is 478. The molecular weight excluding hydrogens is 263 g/mol. The molecule has 2 N–H and O–H groups in total. The van der Waals surface area contributed by atoms with E-state index in [1.54, 1.807) is 13.8 Å². The topological polar surface area (TPSA) is 75.4 Å². The molecule has 0 aliphatic rings. The Morgan fingerprint density at radius 3 is 2.56 bits per heavy atom. The van der Waals surface area contributed by atoms with Crippen LogP contribution in [0.2, 0.25) is 5.02 Å². The molecule has 1 rings (SSSR count). The van der Waals surface area contributed by atoms with Gasteiger partial charge in [-0.05, 0) is 20.8 Å². The maximum atomic E-state index is 13.3. The molecule has 0 aliphatic carbocycles. The molecule has 18 heavy (non-hydrogen) atoms. The molecule has 0 saturated heterocycles. The molecule has 7 heteroatoms. The van der Waals surface area contributed by atoms with Crippen LogP contribution in [0, 0.1) is 15.9 Å². The second-order valence-electron chi connectivity index (χ2n) is 4.56. The van der Waals surface area contributed by atoms with E-state index in [2.05, 4.69) is 5.32 Å². The summed E-state index contributed by atoms with van der Waals surface area (Å²) in [5.74, 6) is -0.758. The number of aliphatic hydroxyl groups excluding tert-OH is 1. The number of anilines is 1. The molecule has 5 nitrogen and oxygen atoms in total. The number of nitro groups is 1. The molecule has 0 fully saturated rings. The van der Waals surface area contributed by atoms with E-state index in [1.807, 2.05) is 0 Å². The zero-order chi connectivity index (χ0) is 14.1. The number of hydrogen-bond donors (Lipinski definition) is 2. The Hall–Kier alpha value is -1.40. The summed E-state index contributed by atoms with van der Waals surface area (Å²) in [5, 5.41) is 22.8. The molecule has 0 spiro atoms. The summed E-state index contributed by atoms with van der Waals surface area (Å²) in [7, 11) is 0. The van der Waals surface area contributed by atoms with Crippen molar-refractivity contribution in [1.29, 1.82) is 0 Å². The lowest BCUT2D eigenvalue weighted by molar-refractivity contribution is -0.384. The van der Waals surface area contributed by atoms with E-state index in [-0.39, 0.29) is 16.4 Å². The van der Waals surface area contributed by atoms with Gasteiger partial charge in [-0.3, -0.25) is 10.1 Å². The highest BCUT2D eigenvalue weighted by Gasteiger charge is 2.28. The molecule has 0 radical (unpaired) electrons. The van der Waals surface area contributed by atoms with Crippen molar-refractivity contribution in [3.63, 3.8) is 0 Å². The van der Waals surface area contributed by atoms with Gasteiger partial charge in [0.15, 0.2) is 0 Å². The number of rotatable bonds is 4. The monoisotopic (exact) mass is 276 g/mol. The van der Waals surface area contributed by atoms with Gasteiger partial charge in [0.05, 0.1) is 21.6 Å². The average Bonchev–Trinajstić information content (AvgIpc) is 2.22. The largest absolute Gasteiger partial charge is 0.391 e. The first-order chi connectivity index (χ1) is 8.15. The lowest BCUT2D eigenvalue weighted by Crippen LogP contribution is -2.42. The number of nitrogens with zero attached hydrogens (tertiary/aromatic N) is 1. The highest BCUT2D eigenvalue weighted by Crippen LogP contribution is 2.32. The summed E-state index contributed by atoms with van der Waals surface area (Å²) >= 11 is 5.51. The van der Waals surface area contributed by atoms with Crippen LogP contribution in [0.5, 0.6) is 0 Å². The number of hydrogen-bond acceptors (Lipinski definition) is 4. The van der Waals surface area contributed by atoms with Crippen LogP contribution in [-0.4, -0.2) is 21.7 Å². The van der Waals surface area contributed by atoms with Gasteiger partial charge in [0, 0.05) is 12.1 Å². The second-order valence-corrected chi connectivity index (χ2v) is 4.97. The molecule has 0 saturated carbocycles. The van der Waals surface area contributed by atoms with Crippen LogP contribution in [0.25, 0.3) is 0 Å². The predicted molar refractivity (Wildman–Crippen MR) is 67.4 cm³/mol. The van der Waals surface area contributed by atoms with Gasteiger partial charge in [-0.2, -0.15) is 0 Å². The Labute approximate surface area is 109 Å². The van der Waals surface area contributed by atoms with Crippen molar-refractivity contribution in [1.82, 2.24) is 0 Å². The van der Waals surface area contributed by atoms with Crippen molar-refractivity contribution >= 4 is 23.0 Å². The highest BCUT2D eigenvalue weighted by atomic mass is 35.5. The number of benzene rings is 1. The van der Waals surface area contributed by atoms with Crippen molar-refractivity contribution in [2.45, 2.75) is 32.4 Å². The third-order valence-electron chi connectivity index (χ3n) is 2.74. The summed E-state index contributed by atoms with van der Waals surface area (Å²) in [6.45, 7) is 4.83. The van der Waals surface area contributed by atoms with Crippen LogP contribution in [-0.2, 0) is 0 Å². The fourth-order valence-electron chi connectivity index (χ4n) is 1.24. The van der Waals surface area contributed by atoms with E-state index in [0.717, 1.165) is 12.1 Å². The Morgan fingerprint density at radius 2 is 2.11 bits per heavy atom. The highest BCUT2D eigenvalue weighted by molar-refractivity contribution is 6.31. The molecule has 1 aromatic rings. The zero-order valence-corrected chi connectivity index (χ0v) is 11.0. The lowest BCUT2D eigenvalue weighted by Gasteiger charge is -2.30. The molecule has 0 heterocycles. The second kappa shape index (κ2) is 5.07. The molecule has 1 atom stereocenters. The van der Waals surface area contributed by atoms with E-state index >= 15 is 0 Å². The molecule has 0 aliphatic heterocycles. The van der Waals surface area contributed by atoms with Gasteiger partial charge in [-0.25, -0.2) is 4.39 Å². The molecular formula is C11H14ClFN2O3. The summed E-state index contributed by atoms with van der Waals surface area (Å²) in [6, 6.07) is 1.89. The van der Waals surface area contributed by atoms with Crippen LogP contribution < -0.4 is 5.32 Å². The first-order valence-corrected chi connectivity index (χ1v) is 5.62. The molecule has 0 amide bonds. The van der Waals surface area contributed by atoms with Gasteiger partial charge in [0.2, 0.25) is 0 Å². The molecule has 1 aromatic carbocycles. The van der Waals surface area contributed by atoms with E-state index in [1.165, 1.54) is 6.92 Å². The number of aliphatic hydroxyl groups is 1. The maximum Gasteiger partial charge on any atom is 0.294 e. The van der Waals surface area contributed by atoms with E-state index in [4.69, 9.17) is 11.6 Å². The van der Waals surface area contributed by atoms with Crippen molar-refractivity contribution in [2.75, 3.05) is 5.32 Å². The molecule has 1 unspecified atom stereocenters. The standard InChI is InChI=1S/C11H14ClFN2O3/c1-6(16)11(2,3)14-9-5-8(13)7(12)4-10(9)15(17)18/h4-6,14,16H,1-3H3. The van der Waals surface area contributed by atoms with Crippen LogP contribution >= 0.6 is 11.6 Å². The van der Waals surface area contributed by atoms with Crippen molar-refractivity contribution in [3.05, 3.63) is 33.1 Å². The van der Waals surface area contributed by atoms with Crippen molar-refractivity contribution in [2.24, 2.45) is 0 Å². The van der Waals surface area contributed by atoms with Crippen molar-refractivity contribution < 1.29 is 14.4 Å². The van der Waals surface area contributed by atoms with Gasteiger partial charge in [-0.1, -0.05) is 11.6 Å². The Balaban J connectivity index is 3.23. The van der Waals surface area contributed by atoms with E-state index < -0.39 is 22.4 Å². The smallest absolute Gasteiger partial charge is 0.294 e. The maximum absolute atomic E-state index is 13.3. The fraction of sp³-hybridized carbons (Fsp3) is 0.455. The van der Waals surface area contributed by atoms with E-state index in [0.29, 0.717) is 0 Å².